The van der Waals surface area contributed by atoms with Crippen molar-refractivity contribution < 1.29 is 32.7 Å². The van der Waals surface area contributed by atoms with Crippen molar-refractivity contribution in [2.24, 2.45) is 5.73 Å². The normalized spacial score (nSPS) is 13.8. The molecule has 3 N–H and O–H groups in total. The van der Waals surface area contributed by atoms with Gasteiger partial charge < -0.3 is 20.6 Å². The fourth-order valence-corrected chi connectivity index (χ4v) is 4.69. The van der Waals surface area contributed by atoms with Gasteiger partial charge in [-0.3, -0.25) is 14.6 Å². The van der Waals surface area contributed by atoms with Gasteiger partial charge in [0.05, 0.1) is 11.1 Å². The molecule has 1 aliphatic rings. The smallest absolute Gasteiger partial charge is 0.418 e. The Morgan fingerprint density at radius 3 is 2.23 bits per heavy atom. The summed E-state index contributed by atoms with van der Waals surface area (Å²) in [6.07, 6.45) is -2.20. The van der Waals surface area contributed by atoms with Gasteiger partial charge in [0.25, 0.3) is 0 Å². The first-order valence-corrected chi connectivity index (χ1v) is 12.3. The van der Waals surface area contributed by atoms with Gasteiger partial charge in [-0.05, 0) is 47.7 Å². The Morgan fingerprint density at radius 1 is 0.897 bits per heavy atom. The molecule has 8 nitrogen and oxygen atoms in total. The van der Waals surface area contributed by atoms with Crippen molar-refractivity contribution in [2.45, 2.75) is 25.4 Å². The highest BCUT2D eigenvalue weighted by Crippen LogP contribution is 2.40. The number of aryl methyl sites for hydroxylation is 2. The summed E-state index contributed by atoms with van der Waals surface area (Å²) < 4.78 is 42.7. The summed E-state index contributed by atoms with van der Waals surface area (Å²) in [4.78, 5) is 42.4. The number of anilines is 1. The molecule has 0 spiro atoms. The molecule has 3 aromatic rings. The Hall–Kier alpha value is -4.41. The number of alkyl halides is 3. The summed E-state index contributed by atoms with van der Waals surface area (Å²) in [5.41, 5.74) is 6.43. The molecule has 0 aliphatic carbocycles. The van der Waals surface area contributed by atoms with Crippen LogP contribution < -0.4 is 10.6 Å². The number of pyridine rings is 1. The monoisotopic (exact) mass is 540 g/mol. The van der Waals surface area contributed by atoms with Gasteiger partial charge in [-0.15, -0.1) is 0 Å². The molecule has 39 heavy (non-hydrogen) atoms. The van der Waals surface area contributed by atoms with Gasteiger partial charge in [-0.25, -0.2) is 4.79 Å². The summed E-state index contributed by atoms with van der Waals surface area (Å²) in [6.45, 7) is 0.413. The third kappa shape index (κ3) is 6.73. The second kappa shape index (κ2) is 11.5. The second-order valence-electron chi connectivity index (χ2n) is 9.31. The van der Waals surface area contributed by atoms with Gasteiger partial charge in [0.2, 0.25) is 5.91 Å². The number of carboxylic acid groups (broad SMARTS) is 1. The van der Waals surface area contributed by atoms with Crippen LogP contribution in [0, 0.1) is 0 Å². The average Bonchev–Trinajstić information content (AvgIpc) is 2.91. The SMILES string of the molecule is NC(=O)c1cncc(CCc2cccc(C(=O)Cc3cccc(N4CCN(C(=O)O)CC4)c3C(F)(F)F)c2)c1. The van der Waals surface area contributed by atoms with Crippen LogP contribution in [-0.2, 0) is 25.4 Å². The summed E-state index contributed by atoms with van der Waals surface area (Å²) in [7, 11) is 0. The van der Waals surface area contributed by atoms with Gasteiger partial charge >= 0.3 is 12.3 Å². The van der Waals surface area contributed by atoms with Crippen molar-refractivity contribution in [3.05, 3.63) is 94.3 Å². The number of ketones is 1. The van der Waals surface area contributed by atoms with Crippen LogP contribution in [0.25, 0.3) is 0 Å². The number of aromatic nitrogens is 1. The Labute approximate surface area is 222 Å². The molecule has 0 atom stereocenters. The van der Waals surface area contributed by atoms with Crippen molar-refractivity contribution in [3.63, 3.8) is 0 Å². The number of rotatable bonds is 8. The maximum atomic E-state index is 14.2. The number of nitrogens with two attached hydrogens (primary N) is 1. The van der Waals surface area contributed by atoms with Crippen molar-refractivity contribution in [2.75, 3.05) is 31.1 Å². The lowest BCUT2D eigenvalue weighted by Crippen LogP contribution is -2.48. The number of nitrogens with zero attached hydrogens (tertiary/aromatic N) is 3. The number of carbonyl (C=O) groups is 3. The molecular weight excluding hydrogens is 513 g/mol. The lowest BCUT2D eigenvalue weighted by molar-refractivity contribution is -0.137. The molecule has 1 aromatic heterocycles. The van der Waals surface area contributed by atoms with Crippen molar-refractivity contribution >= 4 is 23.5 Å². The Kier molecular flexibility index (Phi) is 8.18. The number of benzene rings is 2. The molecule has 0 radical (unpaired) electrons. The van der Waals surface area contributed by atoms with Crippen LogP contribution in [0.1, 0.15) is 43.0 Å². The van der Waals surface area contributed by atoms with Gasteiger partial charge in [0, 0.05) is 56.2 Å². The van der Waals surface area contributed by atoms with Crippen molar-refractivity contribution in [1.29, 1.82) is 0 Å². The number of primary amides is 1. The third-order valence-corrected chi connectivity index (χ3v) is 6.68. The fourth-order valence-electron chi connectivity index (χ4n) is 4.69. The van der Waals surface area contributed by atoms with Crippen molar-refractivity contribution in [3.8, 4) is 0 Å². The van der Waals surface area contributed by atoms with E-state index in [1.54, 1.807) is 30.5 Å². The minimum absolute atomic E-state index is 0.0570. The van der Waals surface area contributed by atoms with Crippen LogP contribution in [0.3, 0.4) is 0 Å². The predicted octanol–water partition coefficient (Wildman–Crippen LogP) is 4.21. The number of carbonyl (C=O) groups excluding carboxylic acids is 2. The highest BCUT2D eigenvalue weighted by atomic mass is 19.4. The fraction of sp³-hybridized carbons (Fsp3) is 0.286. The van der Waals surface area contributed by atoms with E-state index >= 15 is 0 Å². The Balaban J connectivity index is 1.51. The number of hydrogen-bond donors (Lipinski definition) is 2. The zero-order valence-corrected chi connectivity index (χ0v) is 20.9. The van der Waals surface area contributed by atoms with E-state index < -0.39 is 35.9 Å². The van der Waals surface area contributed by atoms with Gasteiger partial charge in [0.1, 0.15) is 0 Å². The van der Waals surface area contributed by atoms with E-state index in [-0.39, 0.29) is 37.4 Å². The van der Waals surface area contributed by atoms with E-state index in [4.69, 9.17) is 10.8 Å². The molecule has 0 saturated carbocycles. The average molecular weight is 541 g/mol. The van der Waals surface area contributed by atoms with Crippen LogP contribution in [-0.4, -0.2) is 59.0 Å². The first-order valence-electron chi connectivity index (χ1n) is 12.3. The number of amides is 2. The molecule has 4 rings (SSSR count). The van der Waals surface area contributed by atoms with E-state index in [1.165, 1.54) is 29.3 Å². The molecule has 1 aliphatic heterocycles. The highest BCUT2D eigenvalue weighted by molar-refractivity contribution is 5.98. The van der Waals surface area contributed by atoms with Crippen molar-refractivity contribution in [1.82, 2.24) is 9.88 Å². The van der Waals surface area contributed by atoms with Crippen LogP contribution >= 0.6 is 0 Å². The van der Waals surface area contributed by atoms with E-state index in [9.17, 15) is 27.6 Å². The maximum absolute atomic E-state index is 14.2. The predicted molar refractivity (Wildman–Crippen MR) is 138 cm³/mol. The van der Waals surface area contributed by atoms with E-state index in [1.807, 2.05) is 6.07 Å². The molecule has 11 heteroatoms. The molecule has 1 fully saturated rings. The van der Waals surface area contributed by atoms with Crippen LogP contribution in [0.15, 0.2) is 60.9 Å². The quantitative estimate of drug-likeness (QED) is 0.414. The number of halogens is 3. The minimum atomic E-state index is -4.70. The van der Waals surface area contributed by atoms with Gasteiger partial charge in [-0.1, -0.05) is 30.3 Å². The summed E-state index contributed by atoms with van der Waals surface area (Å²) in [5.74, 6) is -1.03. The van der Waals surface area contributed by atoms with E-state index in [0.29, 0.717) is 24.0 Å². The molecular formula is C28H27F3N4O4. The largest absolute Gasteiger partial charge is 0.465 e. The molecule has 2 aromatic carbocycles. The lowest BCUT2D eigenvalue weighted by Gasteiger charge is -2.36. The standard InChI is InChI=1S/C28H27F3N4O4/c29-28(30,31)25-21(5-2-6-23(25)34-9-11-35(12-10-34)27(38)39)15-24(36)20-4-1-3-18(13-20)7-8-19-14-22(26(32)37)17-33-16-19/h1-6,13-14,16-17H,7-12,15H2,(H2,32,37)(H,38,39). The Bertz CT molecular complexity index is 1390. The highest BCUT2D eigenvalue weighted by Gasteiger charge is 2.38. The topological polar surface area (TPSA) is 117 Å². The molecule has 2 heterocycles. The summed E-state index contributed by atoms with van der Waals surface area (Å²) in [6, 6.07) is 12.5. The lowest BCUT2D eigenvalue weighted by atomic mass is 9.95. The molecule has 0 unspecified atom stereocenters. The molecule has 1 saturated heterocycles. The molecule has 0 bridgehead atoms. The number of Topliss-reactive ketones (excluding diaryl/α,β-unsaturated/α-hetero) is 1. The molecule has 204 valence electrons. The second-order valence-corrected chi connectivity index (χ2v) is 9.31. The molecule has 2 amide bonds. The number of piperazine rings is 1. The van der Waals surface area contributed by atoms with Gasteiger partial charge in [0.15, 0.2) is 5.78 Å². The summed E-state index contributed by atoms with van der Waals surface area (Å²) >= 11 is 0. The van der Waals surface area contributed by atoms with Crippen LogP contribution in [0.2, 0.25) is 0 Å². The minimum Gasteiger partial charge on any atom is -0.465 e. The summed E-state index contributed by atoms with van der Waals surface area (Å²) in [5, 5.41) is 9.14. The third-order valence-electron chi connectivity index (χ3n) is 6.68. The van der Waals surface area contributed by atoms with E-state index in [2.05, 4.69) is 4.98 Å². The van der Waals surface area contributed by atoms with E-state index in [0.717, 1.165) is 16.0 Å². The van der Waals surface area contributed by atoms with Gasteiger partial charge in [-0.2, -0.15) is 13.2 Å². The first kappa shape index (κ1) is 27.6. The first-order chi connectivity index (χ1) is 18.5. The zero-order valence-electron chi connectivity index (χ0n) is 20.9. The Morgan fingerprint density at radius 2 is 1.56 bits per heavy atom. The maximum Gasteiger partial charge on any atom is 0.418 e. The van der Waals surface area contributed by atoms with Crippen LogP contribution in [0.4, 0.5) is 23.7 Å². The zero-order chi connectivity index (χ0) is 28.2. The van der Waals surface area contributed by atoms with Crippen LogP contribution in [0.5, 0.6) is 0 Å². The number of hydrogen-bond acceptors (Lipinski definition) is 5.